The Labute approximate surface area is 283 Å². The predicted molar refractivity (Wildman–Crippen MR) is 192 cm³/mol. The van der Waals surface area contributed by atoms with Gasteiger partial charge in [-0.05, 0) is 122 Å². The van der Waals surface area contributed by atoms with Crippen LogP contribution in [0.2, 0.25) is 0 Å². The summed E-state index contributed by atoms with van der Waals surface area (Å²) in [6, 6.07) is 7.60. The van der Waals surface area contributed by atoms with Gasteiger partial charge in [0, 0.05) is 6.42 Å². The van der Waals surface area contributed by atoms with Crippen molar-refractivity contribution in [1.82, 2.24) is 0 Å². The molecule has 0 radical (unpaired) electrons. The molecule has 0 unspecified atom stereocenters. The standard InChI is InChI=1S/C43H68O3/c1-7-8-9-10-11-12-13-29-45-35-20-17-33(18-21-35)41(44)46-36-25-27-42(5)34(30-36)19-22-37-39-24-23-38(32(4)16-14-15-31(2)3)43(39,6)28-26-40(37)42/h17-21,31-32,36-40H,7-16,22-30H2,1-6H3/t32-,36-,37+,38-,39+,40+,42-,43+/m1/s1. The highest BCUT2D eigenvalue weighted by Gasteiger charge is 2.59. The van der Waals surface area contributed by atoms with Crippen LogP contribution in [0.5, 0.6) is 5.75 Å². The molecule has 46 heavy (non-hydrogen) atoms. The molecule has 3 fully saturated rings. The first-order valence-electron chi connectivity index (χ1n) is 19.8. The van der Waals surface area contributed by atoms with E-state index in [4.69, 9.17) is 9.47 Å². The number of ether oxygens (including phenoxy) is 2. The summed E-state index contributed by atoms with van der Waals surface area (Å²) in [4.78, 5) is 13.2. The monoisotopic (exact) mass is 633 g/mol. The van der Waals surface area contributed by atoms with Gasteiger partial charge in [0.25, 0.3) is 0 Å². The van der Waals surface area contributed by atoms with Crippen LogP contribution in [0.15, 0.2) is 35.9 Å². The predicted octanol–water partition coefficient (Wildman–Crippen LogP) is 12.4. The Bertz CT molecular complexity index is 1140. The number of rotatable bonds is 16. The van der Waals surface area contributed by atoms with Crippen LogP contribution in [-0.2, 0) is 4.74 Å². The number of allylic oxidation sites excluding steroid dienone is 1. The molecule has 4 aliphatic carbocycles. The van der Waals surface area contributed by atoms with Crippen LogP contribution in [0.1, 0.15) is 167 Å². The van der Waals surface area contributed by atoms with E-state index in [1.165, 1.54) is 89.9 Å². The molecule has 8 atom stereocenters. The Balaban J connectivity index is 1.10. The van der Waals surface area contributed by atoms with E-state index < -0.39 is 0 Å². The van der Waals surface area contributed by atoms with Crippen LogP contribution in [0.4, 0.5) is 0 Å². The topological polar surface area (TPSA) is 35.5 Å². The van der Waals surface area contributed by atoms with Crippen molar-refractivity contribution in [3.63, 3.8) is 0 Å². The average Bonchev–Trinajstić information content (AvgIpc) is 3.40. The fraction of sp³-hybridized carbons (Fsp3) is 0.791. The Hall–Kier alpha value is -1.77. The Morgan fingerprint density at radius 2 is 1.59 bits per heavy atom. The summed E-state index contributed by atoms with van der Waals surface area (Å²) in [7, 11) is 0. The van der Waals surface area contributed by atoms with E-state index in [2.05, 4.69) is 47.6 Å². The van der Waals surface area contributed by atoms with Gasteiger partial charge in [0.2, 0.25) is 0 Å². The van der Waals surface area contributed by atoms with Gasteiger partial charge in [-0.1, -0.05) is 111 Å². The molecule has 3 nitrogen and oxygen atoms in total. The fourth-order valence-electron chi connectivity index (χ4n) is 10.9. The molecule has 258 valence electrons. The van der Waals surface area contributed by atoms with Crippen molar-refractivity contribution < 1.29 is 14.3 Å². The fourth-order valence-corrected chi connectivity index (χ4v) is 10.9. The number of carbonyl (C=O) groups is 1. The maximum Gasteiger partial charge on any atom is 0.338 e. The van der Waals surface area contributed by atoms with Gasteiger partial charge in [-0.25, -0.2) is 4.79 Å². The quantitative estimate of drug-likeness (QED) is 0.103. The first-order chi connectivity index (χ1) is 22.2. The molecule has 0 bridgehead atoms. The third-order valence-electron chi connectivity index (χ3n) is 13.6. The number of fused-ring (bicyclic) bond motifs is 5. The highest BCUT2D eigenvalue weighted by atomic mass is 16.5. The van der Waals surface area contributed by atoms with Crippen molar-refractivity contribution in [2.45, 2.75) is 163 Å². The van der Waals surface area contributed by atoms with E-state index in [1.54, 1.807) is 5.57 Å². The van der Waals surface area contributed by atoms with Crippen molar-refractivity contribution in [3.05, 3.63) is 41.5 Å². The molecule has 4 aliphatic rings. The normalized spacial score (nSPS) is 32.7. The lowest BCUT2D eigenvalue weighted by Gasteiger charge is -2.58. The lowest BCUT2D eigenvalue weighted by atomic mass is 9.47. The third kappa shape index (κ3) is 8.08. The number of carbonyl (C=O) groups excluding carboxylic acids is 1. The van der Waals surface area contributed by atoms with Crippen molar-refractivity contribution in [3.8, 4) is 5.75 Å². The van der Waals surface area contributed by atoms with Crippen molar-refractivity contribution >= 4 is 5.97 Å². The summed E-state index contributed by atoms with van der Waals surface area (Å²) >= 11 is 0. The summed E-state index contributed by atoms with van der Waals surface area (Å²) in [6.45, 7) is 15.6. The molecular weight excluding hydrogens is 564 g/mol. The minimum absolute atomic E-state index is 0.00645. The van der Waals surface area contributed by atoms with Crippen LogP contribution >= 0.6 is 0 Å². The molecule has 0 aromatic heterocycles. The van der Waals surface area contributed by atoms with Gasteiger partial charge in [-0.3, -0.25) is 0 Å². The minimum Gasteiger partial charge on any atom is -0.494 e. The first-order valence-corrected chi connectivity index (χ1v) is 19.8. The molecule has 0 heterocycles. The van der Waals surface area contributed by atoms with Crippen LogP contribution in [0, 0.1) is 46.3 Å². The Morgan fingerprint density at radius 1 is 0.848 bits per heavy atom. The van der Waals surface area contributed by atoms with Crippen LogP contribution in [0.25, 0.3) is 0 Å². The van der Waals surface area contributed by atoms with Gasteiger partial charge < -0.3 is 9.47 Å². The maximum absolute atomic E-state index is 13.2. The smallest absolute Gasteiger partial charge is 0.338 e. The maximum atomic E-state index is 13.2. The van der Waals surface area contributed by atoms with Gasteiger partial charge in [0.05, 0.1) is 12.2 Å². The lowest BCUT2D eigenvalue weighted by Crippen LogP contribution is -2.51. The summed E-state index contributed by atoms with van der Waals surface area (Å²) < 4.78 is 12.1. The molecule has 5 rings (SSSR count). The number of unbranched alkanes of at least 4 members (excludes halogenated alkanes) is 6. The van der Waals surface area contributed by atoms with Crippen molar-refractivity contribution in [2.75, 3.05) is 6.61 Å². The molecule has 0 aliphatic heterocycles. The first kappa shape index (κ1) is 35.5. The van der Waals surface area contributed by atoms with Crippen molar-refractivity contribution in [1.29, 1.82) is 0 Å². The summed E-state index contributed by atoms with van der Waals surface area (Å²) in [6.07, 6.45) is 25.7. The molecule has 0 amide bonds. The average molecular weight is 633 g/mol. The highest BCUT2D eigenvalue weighted by Crippen LogP contribution is 2.67. The molecule has 0 spiro atoms. The zero-order chi connectivity index (χ0) is 32.7. The number of hydrogen-bond donors (Lipinski definition) is 0. The van der Waals surface area contributed by atoms with E-state index in [-0.39, 0.29) is 17.5 Å². The summed E-state index contributed by atoms with van der Waals surface area (Å²) in [5.74, 6) is 5.77. The van der Waals surface area contributed by atoms with Crippen LogP contribution in [0.3, 0.4) is 0 Å². The zero-order valence-corrected chi connectivity index (χ0v) is 30.6. The summed E-state index contributed by atoms with van der Waals surface area (Å²) in [5, 5.41) is 0. The van der Waals surface area contributed by atoms with Crippen LogP contribution in [-0.4, -0.2) is 18.7 Å². The largest absolute Gasteiger partial charge is 0.494 e. The minimum atomic E-state index is -0.186. The lowest BCUT2D eigenvalue weighted by molar-refractivity contribution is -0.0594. The molecular formula is C43H68O3. The van der Waals surface area contributed by atoms with Gasteiger partial charge >= 0.3 is 5.97 Å². The van der Waals surface area contributed by atoms with E-state index in [9.17, 15) is 4.79 Å². The Kier molecular flexibility index (Phi) is 12.4. The third-order valence-corrected chi connectivity index (χ3v) is 13.6. The van der Waals surface area contributed by atoms with E-state index in [1.807, 2.05) is 24.3 Å². The number of esters is 1. The van der Waals surface area contributed by atoms with Crippen LogP contribution < -0.4 is 4.74 Å². The molecule has 1 aromatic carbocycles. The summed E-state index contributed by atoms with van der Waals surface area (Å²) in [5.41, 5.74) is 3.03. The van der Waals surface area contributed by atoms with Crippen molar-refractivity contribution in [2.24, 2.45) is 46.3 Å². The SMILES string of the molecule is CCCCCCCCCOc1ccc(C(=O)O[C@@H]2CC[C@]3(C)C(=CC[C@H]4[C@@H]5CC[C@H]([C@H](C)CCCC(C)C)[C@]5(C)CC[C@@H]43)C2)cc1. The van der Waals surface area contributed by atoms with Gasteiger partial charge in [-0.15, -0.1) is 0 Å². The second-order valence-electron chi connectivity index (χ2n) is 17.1. The highest BCUT2D eigenvalue weighted by molar-refractivity contribution is 5.89. The second kappa shape index (κ2) is 16.1. The second-order valence-corrected chi connectivity index (χ2v) is 17.1. The van der Waals surface area contributed by atoms with E-state index in [0.29, 0.717) is 11.0 Å². The van der Waals surface area contributed by atoms with Gasteiger partial charge in [-0.2, -0.15) is 0 Å². The molecule has 1 aromatic rings. The Morgan fingerprint density at radius 3 is 2.33 bits per heavy atom. The van der Waals surface area contributed by atoms with E-state index >= 15 is 0 Å². The molecule has 3 heteroatoms. The number of hydrogen-bond acceptors (Lipinski definition) is 3. The number of benzene rings is 1. The molecule has 0 N–H and O–H groups in total. The molecule has 3 saturated carbocycles. The van der Waals surface area contributed by atoms with E-state index in [0.717, 1.165) is 73.5 Å². The zero-order valence-electron chi connectivity index (χ0n) is 30.6. The van der Waals surface area contributed by atoms with Gasteiger partial charge in [0.15, 0.2) is 0 Å². The van der Waals surface area contributed by atoms with Gasteiger partial charge in [0.1, 0.15) is 11.9 Å². The molecule has 0 saturated heterocycles.